The first-order valence-electron chi connectivity index (χ1n) is 11.8. The van der Waals surface area contributed by atoms with Crippen LogP contribution in [0.25, 0.3) is 11.1 Å². The van der Waals surface area contributed by atoms with Gasteiger partial charge in [-0.05, 0) is 47.0 Å². The SMILES string of the molecule is O=C(O)CC(NC(=O)c1ccc(Oc2cccc(C(F)(F)F)c2)c([N+](=O)[O-])c1)c1ccc(-c2ccccc2)cc1. The van der Waals surface area contributed by atoms with Crippen molar-refractivity contribution in [1.82, 2.24) is 5.32 Å². The van der Waals surface area contributed by atoms with Gasteiger partial charge < -0.3 is 15.2 Å². The summed E-state index contributed by atoms with van der Waals surface area (Å²) < 4.78 is 44.4. The summed E-state index contributed by atoms with van der Waals surface area (Å²) >= 11 is 0. The Hall–Kier alpha value is -5.19. The topological polar surface area (TPSA) is 119 Å². The molecule has 1 atom stereocenters. The molecule has 40 heavy (non-hydrogen) atoms. The number of hydrogen-bond acceptors (Lipinski definition) is 5. The first-order valence-corrected chi connectivity index (χ1v) is 11.8. The molecule has 1 amide bonds. The summed E-state index contributed by atoms with van der Waals surface area (Å²) in [7, 11) is 0. The van der Waals surface area contributed by atoms with Gasteiger partial charge in [0, 0.05) is 11.6 Å². The third-order valence-corrected chi connectivity index (χ3v) is 5.91. The maximum absolute atomic E-state index is 13.0. The number of rotatable bonds is 9. The molecule has 0 saturated carbocycles. The van der Waals surface area contributed by atoms with Crippen molar-refractivity contribution >= 4 is 17.6 Å². The Bertz CT molecular complexity index is 1540. The van der Waals surface area contributed by atoms with Crippen LogP contribution in [0.2, 0.25) is 0 Å². The lowest BCUT2D eigenvalue weighted by atomic mass is 9.98. The zero-order chi connectivity index (χ0) is 28.9. The van der Waals surface area contributed by atoms with E-state index in [2.05, 4.69) is 5.32 Å². The van der Waals surface area contributed by atoms with Gasteiger partial charge >= 0.3 is 17.8 Å². The van der Waals surface area contributed by atoms with Crippen LogP contribution >= 0.6 is 0 Å². The Balaban J connectivity index is 1.56. The number of benzene rings is 4. The van der Waals surface area contributed by atoms with Crippen molar-refractivity contribution in [3.05, 3.63) is 124 Å². The van der Waals surface area contributed by atoms with Crippen LogP contribution in [-0.4, -0.2) is 21.9 Å². The number of nitrogens with one attached hydrogen (secondary N) is 1. The summed E-state index contributed by atoms with van der Waals surface area (Å²) in [6, 6.07) is 22.5. The number of hydrogen-bond donors (Lipinski definition) is 2. The number of alkyl halides is 3. The van der Waals surface area contributed by atoms with Crippen molar-refractivity contribution in [3.63, 3.8) is 0 Å². The van der Waals surface area contributed by atoms with Gasteiger partial charge in [0.05, 0.1) is 22.9 Å². The van der Waals surface area contributed by atoms with E-state index in [4.69, 9.17) is 4.74 Å². The number of aliphatic carboxylic acids is 1. The lowest BCUT2D eigenvalue weighted by Crippen LogP contribution is -2.30. The fourth-order valence-corrected chi connectivity index (χ4v) is 3.96. The van der Waals surface area contributed by atoms with Crippen LogP contribution in [0.1, 0.15) is 33.9 Å². The first-order chi connectivity index (χ1) is 19.0. The van der Waals surface area contributed by atoms with Crippen molar-refractivity contribution < 1.29 is 37.5 Å². The quantitative estimate of drug-likeness (QED) is 0.171. The lowest BCUT2D eigenvalue weighted by Gasteiger charge is -2.18. The van der Waals surface area contributed by atoms with Crippen LogP contribution in [0.15, 0.2) is 97.1 Å². The van der Waals surface area contributed by atoms with Gasteiger partial charge in [0.15, 0.2) is 0 Å². The van der Waals surface area contributed by atoms with Gasteiger partial charge in [-0.2, -0.15) is 13.2 Å². The highest BCUT2D eigenvalue weighted by Crippen LogP contribution is 2.36. The van der Waals surface area contributed by atoms with Gasteiger partial charge in [-0.1, -0.05) is 60.7 Å². The Morgan fingerprint density at radius 3 is 2.20 bits per heavy atom. The highest BCUT2D eigenvalue weighted by atomic mass is 19.4. The maximum Gasteiger partial charge on any atom is 0.416 e. The summed E-state index contributed by atoms with van der Waals surface area (Å²) in [6.07, 6.45) is -5.09. The predicted octanol–water partition coefficient (Wildman–Crippen LogP) is 7.02. The summed E-state index contributed by atoms with van der Waals surface area (Å²) in [6.45, 7) is 0. The van der Waals surface area contributed by atoms with Crippen LogP contribution in [-0.2, 0) is 11.0 Å². The smallest absolute Gasteiger partial charge is 0.416 e. The zero-order valence-corrected chi connectivity index (χ0v) is 20.6. The van der Waals surface area contributed by atoms with Gasteiger partial charge in [-0.3, -0.25) is 19.7 Å². The molecular formula is C29H21F3N2O6. The van der Waals surface area contributed by atoms with Gasteiger partial charge in [-0.25, -0.2) is 0 Å². The molecule has 2 N–H and O–H groups in total. The number of carbonyl (C=O) groups is 2. The largest absolute Gasteiger partial charge is 0.481 e. The van der Waals surface area contributed by atoms with Crippen LogP contribution in [0.3, 0.4) is 0 Å². The number of halogens is 3. The molecule has 0 fully saturated rings. The van der Waals surface area contributed by atoms with E-state index in [1.807, 2.05) is 30.3 Å². The third-order valence-electron chi connectivity index (χ3n) is 5.91. The molecule has 4 aromatic carbocycles. The molecule has 8 nitrogen and oxygen atoms in total. The number of carboxylic acid groups (broad SMARTS) is 1. The molecule has 0 aliphatic carbocycles. The normalized spacial score (nSPS) is 11.9. The van der Waals surface area contributed by atoms with E-state index >= 15 is 0 Å². The van der Waals surface area contributed by atoms with E-state index in [1.165, 1.54) is 12.1 Å². The summed E-state index contributed by atoms with van der Waals surface area (Å²) in [5, 5.41) is 23.7. The molecule has 11 heteroatoms. The van der Waals surface area contributed by atoms with Crippen LogP contribution in [0, 0.1) is 10.1 Å². The standard InChI is InChI=1S/C29H21F3N2O6/c30-29(31,32)22-7-4-8-23(16-22)40-26-14-13-21(15-25(26)34(38)39)28(37)33-24(17-27(35)36)20-11-9-19(10-12-20)18-5-2-1-3-6-18/h1-16,24H,17H2,(H,33,37)(H,35,36). The second-order valence-electron chi connectivity index (χ2n) is 8.68. The minimum Gasteiger partial charge on any atom is -0.481 e. The fraction of sp³-hybridized carbons (Fsp3) is 0.103. The second-order valence-corrected chi connectivity index (χ2v) is 8.68. The van der Waals surface area contributed by atoms with Crippen molar-refractivity contribution in [3.8, 4) is 22.6 Å². The van der Waals surface area contributed by atoms with Crippen molar-refractivity contribution in [2.45, 2.75) is 18.6 Å². The minimum absolute atomic E-state index is 0.167. The third kappa shape index (κ3) is 6.81. The van der Waals surface area contributed by atoms with Crippen LogP contribution in [0.4, 0.5) is 18.9 Å². The Morgan fingerprint density at radius 1 is 0.900 bits per heavy atom. The molecule has 0 bridgehead atoms. The van der Waals surface area contributed by atoms with Crippen molar-refractivity contribution in [1.29, 1.82) is 0 Å². The summed E-state index contributed by atoms with van der Waals surface area (Å²) in [5.74, 6) is -2.62. The first kappa shape index (κ1) is 27.8. The lowest BCUT2D eigenvalue weighted by molar-refractivity contribution is -0.385. The number of carboxylic acids is 1. The monoisotopic (exact) mass is 550 g/mol. The molecule has 204 valence electrons. The molecule has 0 aliphatic heterocycles. The molecule has 4 rings (SSSR count). The van der Waals surface area contributed by atoms with Gasteiger partial charge in [0.2, 0.25) is 5.75 Å². The average molecular weight is 550 g/mol. The number of amides is 1. The van der Waals surface area contributed by atoms with Crippen LogP contribution in [0.5, 0.6) is 11.5 Å². The van der Waals surface area contributed by atoms with Gasteiger partial charge in [-0.15, -0.1) is 0 Å². The van der Waals surface area contributed by atoms with Crippen molar-refractivity contribution in [2.24, 2.45) is 0 Å². The molecule has 1 unspecified atom stereocenters. The van der Waals surface area contributed by atoms with Crippen LogP contribution < -0.4 is 10.1 Å². The number of ether oxygens (including phenoxy) is 1. The maximum atomic E-state index is 13.0. The molecule has 0 spiro atoms. The summed E-state index contributed by atoms with van der Waals surface area (Å²) in [5.41, 5.74) is 0.523. The molecule has 0 aliphatic rings. The van der Waals surface area contributed by atoms with E-state index in [0.29, 0.717) is 11.6 Å². The van der Waals surface area contributed by atoms with E-state index in [9.17, 15) is 38.0 Å². The zero-order valence-electron chi connectivity index (χ0n) is 20.6. The van der Waals surface area contributed by atoms with Gasteiger partial charge in [0.25, 0.3) is 5.91 Å². The van der Waals surface area contributed by atoms with E-state index in [-0.39, 0.29) is 17.1 Å². The number of nitro groups is 1. The predicted molar refractivity (Wildman–Crippen MR) is 139 cm³/mol. The number of carbonyl (C=O) groups excluding carboxylic acids is 1. The van der Waals surface area contributed by atoms with E-state index in [0.717, 1.165) is 35.4 Å². The Morgan fingerprint density at radius 2 is 1.57 bits per heavy atom. The highest BCUT2D eigenvalue weighted by molar-refractivity contribution is 5.95. The number of nitrogens with zero attached hydrogens (tertiary/aromatic N) is 1. The minimum atomic E-state index is -4.64. The van der Waals surface area contributed by atoms with Gasteiger partial charge in [0.1, 0.15) is 5.75 Å². The molecule has 0 heterocycles. The molecule has 4 aromatic rings. The Kier molecular flexibility index (Phi) is 8.13. The molecular weight excluding hydrogens is 529 g/mol. The highest BCUT2D eigenvalue weighted by Gasteiger charge is 2.31. The van der Waals surface area contributed by atoms with Crippen molar-refractivity contribution in [2.75, 3.05) is 0 Å². The van der Waals surface area contributed by atoms with E-state index < -0.39 is 46.7 Å². The molecule has 0 radical (unpaired) electrons. The molecule has 0 aromatic heterocycles. The average Bonchev–Trinajstić information content (AvgIpc) is 2.93. The number of nitro benzene ring substituents is 1. The second kappa shape index (κ2) is 11.7. The van der Waals surface area contributed by atoms with E-state index in [1.54, 1.807) is 24.3 Å². The summed E-state index contributed by atoms with van der Waals surface area (Å²) in [4.78, 5) is 35.4. The fourth-order valence-electron chi connectivity index (χ4n) is 3.96. The molecule has 0 saturated heterocycles. The Labute approximate surface area is 225 Å².